The number of thioether (sulfide) groups is 1. The van der Waals surface area contributed by atoms with Crippen molar-refractivity contribution in [3.05, 3.63) is 62.5 Å². The fourth-order valence-electron chi connectivity index (χ4n) is 2.87. The van der Waals surface area contributed by atoms with Crippen molar-refractivity contribution in [3.8, 4) is 11.5 Å². The molecule has 0 bridgehead atoms. The molecule has 0 saturated carbocycles. The third-order valence-electron chi connectivity index (χ3n) is 4.23. The van der Waals surface area contributed by atoms with Crippen LogP contribution in [0.2, 0.25) is 0 Å². The Balaban J connectivity index is 1.72. The fourth-order valence-corrected chi connectivity index (χ4v) is 4.16. The Kier molecular flexibility index (Phi) is 4.90. The molecule has 4 rings (SSSR count). The van der Waals surface area contributed by atoms with Gasteiger partial charge >= 0.3 is 6.18 Å². The highest BCUT2D eigenvalue weighted by molar-refractivity contribution is 8.27. The second-order valence-electron chi connectivity index (χ2n) is 6.09. The third kappa shape index (κ3) is 3.59. The van der Waals surface area contributed by atoms with E-state index in [-0.39, 0.29) is 44.5 Å². The molecule has 154 valence electrons. The standard InChI is InChI=1S/C18H9F3N2O5S2/c19-18(20,21)10-2-1-3-11(6-10)22-16(24)15(30-17(22)29)5-9-4-13-14(28-8-27-13)7-12(9)23(25)26/h1-7H,8H2. The molecule has 2 heterocycles. The summed E-state index contributed by atoms with van der Waals surface area (Å²) in [6.07, 6.45) is -3.33. The molecule has 1 amide bonds. The zero-order valence-corrected chi connectivity index (χ0v) is 16.3. The molecule has 0 N–H and O–H groups in total. The molecule has 2 aromatic rings. The number of halogens is 3. The van der Waals surface area contributed by atoms with E-state index in [9.17, 15) is 28.1 Å². The first-order chi connectivity index (χ1) is 14.1. The summed E-state index contributed by atoms with van der Waals surface area (Å²) < 4.78 is 49.4. The van der Waals surface area contributed by atoms with Crippen LogP contribution in [0.15, 0.2) is 41.3 Å². The Morgan fingerprint density at radius 1 is 1.20 bits per heavy atom. The summed E-state index contributed by atoms with van der Waals surface area (Å²) in [5.74, 6) is -0.202. The number of fused-ring (bicyclic) bond motifs is 1. The first kappa shape index (κ1) is 20.2. The van der Waals surface area contributed by atoms with Crippen LogP contribution in [0.4, 0.5) is 24.5 Å². The Morgan fingerprint density at radius 3 is 2.57 bits per heavy atom. The molecular weight excluding hydrogens is 445 g/mol. The molecule has 2 aliphatic heterocycles. The number of hydrogen-bond donors (Lipinski definition) is 0. The summed E-state index contributed by atoms with van der Waals surface area (Å²) >= 11 is 5.99. The fraction of sp³-hybridized carbons (Fsp3) is 0.111. The zero-order valence-electron chi connectivity index (χ0n) is 14.6. The molecule has 0 atom stereocenters. The maximum absolute atomic E-state index is 13.0. The second-order valence-corrected chi connectivity index (χ2v) is 7.76. The minimum atomic E-state index is -4.58. The van der Waals surface area contributed by atoms with Crippen LogP contribution < -0.4 is 14.4 Å². The van der Waals surface area contributed by atoms with Gasteiger partial charge in [0.15, 0.2) is 15.8 Å². The molecule has 2 aromatic carbocycles. The van der Waals surface area contributed by atoms with E-state index >= 15 is 0 Å². The van der Waals surface area contributed by atoms with Gasteiger partial charge in [-0.2, -0.15) is 13.2 Å². The lowest BCUT2D eigenvalue weighted by Gasteiger charge is -2.16. The summed E-state index contributed by atoms with van der Waals surface area (Å²) in [7, 11) is 0. The predicted octanol–water partition coefficient (Wildman–Crippen LogP) is 4.75. The number of ether oxygens (including phenoxy) is 2. The summed E-state index contributed by atoms with van der Waals surface area (Å²) in [5.41, 5.74) is -1.21. The number of hydrogen-bond acceptors (Lipinski definition) is 7. The highest BCUT2D eigenvalue weighted by Crippen LogP contribution is 2.42. The number of alkyl halides is 3. The van der Waals surface area contributed by atoms with Crippen molar-refractivity contribution in [2.75, 3.05) is 11.7 Å². The molecule has 30 heavy (non-hydrogen) atoms. The average molecular weight is 454 g/mol. The Morgan fingerprint density at radius 2 is 1.90 bits per heavy atom. The molecule has 2 aliphatic rings. The Bertz CT molecular complexity index is 1130. The normalized spacial score (nSPS) is 17.2. The molecule has 0 unspecified atom stereocenters. The average Bonchev–Trinajstić information content (AvgIpc) is 3.24. The van der Waals surface area contributed by atoms with E-state index in [0.29, 0.717) is 0 Å². The van der Waals surface area contributed by atoms with E-state index in [1.54, 1.807) is 0 Å². The first-order valence-corrected chi connectivity index (χ1v) is 9.41. The molecule has 0 spiro atoms. The van der Waals surface area contributed by atoms with Crippen LogP contribution in [-0.2, 0) is 11.0 Å². The lowest BCUT2D eigenvalue weighted by atomic mass is 10.1. The van der Waals surface area contributed by atoms with Gasteiger partial charge in [-0.3, -0.25) is 19.8 Å². The number of carbonyl (C=O) groups excluding carboxylic acids is 1. The van der Waals surface area contributed by atoms with Crippen LogP contribution in [0.3, 0.4) is 0 Å². The quantitative estimate of drug-likeness (QED) is 0.287. The number of thiocarbonyl (C=S) groups is 1. The van der Waals surface area contributed by atoms with E-state index in [1.807, 2.05) is 0 Å². The van der Waals surface area contributed by atoms with E-state index in [2.05, 4.69) is 0 Å². The summed E-state index contributed by atoms with van der Waals surface area (Å²) in [6, 6.07) is 6.73. The summed E-state index contributed by atoms with van der Waals surface area (Å²) in [6.45, 7) is -0.0897. The third-order valence-corrected chi connectivity index (χ3v) is 5.53. The first-order valence-electron chi connectivity index (χ1n) is 8.18. The number of nitro groups is 1. The van der Waals surface area contributed by atoms with Gasteiger partial charge in [0.05, 0.1) is 32.7 Å². The van der Waals surface area contributed by atoms with Gasteiger partial charge in [0.2, 0.25) is 6.79 Å². The number of amides is 1. The van der Waals surface area contributed by atoms with E-state index in [4.69, 9.17) is 21.7 Å². The molecule has 0 radical (unpaired) electrons. The SMILES string of the molecule is O=C1C(=Cc2cc3c(cc2[N+](=O)[O-])OCO3)SC(=S)N1c1cccc(C(F)(F)F)c1. The number of benzene rings is 2. The zero-order chi connectivity index (χ0) is 21.6. The Labute approximate surface area is 176 Å². The van der Waals surface area contributed by atoms with Crippen LogP contribution in [0, 0.1) is 10.1 Å². The largest absolute Gasteiger partial charge is 0.454 e. The van der Waals surface area contributed by atoms with Gasteiger partial charge in [0.1, 0.15) is 0 Å². The maximum Gasteiger partial charge on any atom is 0.416 e. The van der Waals surface area contributed by atoms with Gasteiger partial charge in [-0.15, -0.1) is 0 Å². The lowest BCUT2D eigenvalue weighted by Crippen LogP contribution is -2.27. The number of nitrogens with zero attached hydrogens (tertiary/aromatic N) is 2. The molecule has 1 fully saturated rings. The van der Waals surface area contributed by atoms with Crippen molar-refractivity contribution >= 4 is 51.7 Å². The topological polar surface area (TPSA) is 81.9 Å². The van der Waals surface area contributed by atoms with E-state index in [0.717, 1.165) is 28.8 Å². The maximum atomic E-state index is 13.0. The van der Waals surface area contributed by atoms with Crippen LogP contribution in [-0.4, -0.2) is 21.9 Å². The molecule has 1 saturated heterocycles. The van der Waals surface area contributed by atoms with Gasteiger partial charge in [-0.25, -0.2) is 0 Å². The summed E-state index contributed by atoms with van der Waals surface area (Å²) in [5, 5.41) is 11.4. The van der Waals surface area contributed by atoms with Crippen molar-refractivity contribution in [1.29, 1.82) is 0 Å². The number of nitro benzene ring substituents is 1. The van der Waals surface area contributed by atoms with Gasteiger partial charge in [0.25, 0.3) is 11.6 Å². The molecule has 7 nitrogen and oxygen atoms in total. The number of anilines is 1. The van der Waals surface area contributed by atoms with Crippen molar-refractivity contribution < 1.29 is 32.4 Å². The smallest absolute Gasteiger partial charge is 0.416 e. The lowest BCUT2D eigenvalue weighted by molar-refractivity contribution is -0.385. The second kappa shape index (κ2) is 7.29. The molecule has 0 aromatic heterocycles. The van der Waals surface area contributed by atoms with E-state index in [1.165, 1.54) is 30.3 Å². The van der Waals surface area contributed by atoms with Gasteiger partial charge in [0, 0.05) is 0 Å². The van der Waals surface area contributed by atoms with Crippen LogP contribution >= 0.6 is 24.0 Å². The molecule has 12 heteroatoms. The van der Waals surface area contributed by atoms with Gasteiger partial charge in [-0.1, -0.05) is 30.0 Å². The van der Waals surface area contributed by atoms with Crippen molar-refractivity contribution in [1.82, 2.24) is 0 Å². The van der Waals surface area contributed by atoms with Crippen LogP contribution in [0.5, 0.6) is 11.5 Å². The summed E-state index contributed by atoms with van der Waals surface area (Å²) in [4.78, 5) is 24.6. The number of carbonyl (C=O) groups is 1. The monoisotopic (exact) mass is 454 g/mol. The van der Waals surface area contributed by atoms with Crippen molar-refractivity contribution in [2.45, 2.75) is 6.18 Å². The van der Waals surface area contributed by atoms with E-state index < -0.39 is 22.6 Å². The van der Waals surface area contributed by atoms with Crippen LogP contribution in [0.1, 0.15) is 11.1 Å². The highest BCUT2D eigenvalue weighted by Gasteiger charge is 2.36. The minimum Gasteiger partial charge on any atom is -0.454 e. The van der Waals surface area contributed by atoms with Crippen molar-refractivity contribution in [3.63, 3.8) is 0 Å². The minimum absolute atomic E-state index is 0.00831. The van der Waals surface area contributed by atoms with Crippen LogP contribution in [0.25, 0.3) is 6.08 Å². The Hall–Kier alpha value is -3.12. The highest BCUT2D eigenvalue weighted by atomic mass is 32.2. The van der Waals surface area contributed by atoms with Crippen molar-refractivity contribution in [2.24, 2.45) is 0 Å². The molecule has 0 aliphatic carbocycles. The predicted molar refractivity (Wildman–Crippen MR) is 106 cm³/mol. The van der Waals surface area contributed by atoms with Gasteiger partial charge in [-0.05, 0) is 30.3 Å². The number of rotatable bonds is 3. The molecular formula is C18H9F3N2O5S2. The van der Waals surface area contributed by atoms with Gasteiger partial charge < -0.3 is 9.47 Å².